The number of halogens is 4. The molecule has 2 aliphatic rings. The van der Waals surface area contributed by atoms with Gasteiger partial charge in [-0.15, -0.1) is 0 Å². The summed E-state index contributed by atoms with van der Waals surface area (Å²) in [5, 5.41) is 0. The van der Waals surface area contributed by atoms with Crippen LogP contribution in [0.25, 0.3) is 0 Å². The van der Waals surface area contributed by atoms with Crippen LogP contribution in [0.2, 0.25) is 0 Å². The minimum absolute atomic E-state index is 0.246. The SMILES string of the molecule is CC1(c2c(F)c(F)c(N)c(F)c2F)C(=O)OC2(CCCCC2)OC1=O. The highest BCUT2D eigenvalue weighted by Gasteiger charge is 2.60. The third kappa shape index (κ3) is 2.36. The van der Waals surface area contributed by atoms with Gasteiger partial charge in [-0.3, -0.25) is 9.59 Å². The van der Waals surface area contributed by atoms with Crippen LogP contribution in [0.3, 0.4) is 0 Å². The lowest BCUT2D eigenvalue weighted by atomic mass is 9.79. The van der Waals surface area contributed by atoms with E-state index in [1.807, 2.05) is 0 Å². The summed E-state index contributed by atoms with van der Waals surface area (Å²) in [6, 6.07) is 0. The monoisotopic (exact) mass is 361 g/mol. The zero-order chi connectivity index (χ0) is 18.6. The van der Waals surface area contributed by atoms with Gasteiger partial charge in [0, 0.05) is 12.8 Å². The second-order valence-electron chi connectivity index (χ2n) is 6.42. The molecular weight excluding hydrogens is 346 g/mol. The lowest BCUT2D eigenvalue weighted by Gasteiger charge is -2.44. The predicted molar refractivity (Wildman–Crippen MR) is 76.0 cm³/mol. The third-order valence-electron chi connectivity index (χ3n) is 4.79. The number of benzene rings is 1. The summed E-state index contributed by atoms with van der Waals surface area (Å²) in [6.45, 7) is 0.796. The van der Waals surface area contributed by atoms with E-state index in [2.05, 4.69) is 0 Å². The molecule has 0 bridgehead atoms. The van der Waals surface area contributed by atoms with Crippen LogP contribution in [-0.2, 0) is 24.5 Å². The molecular formula is C16H15F4NO4. The van der Waals surface area contributed by atoms with E-state index >= 15 is 0 Å². The van der Waals surface area contributed by atoms with Crippen molar-refractivity contribution in [2.24, 2.45) is 0 Å². The minimum Gasteiger partial charge on any atom is -0.421 e. The number of esters is 2. The summed E-state index contributed by atoms with van der Waals surface area (Å²) < 4.78 is 66.3. The molecule has 0 unspecified atom stereocenters. The predicted octanol–water partition coefficient (Wildman–Crippen LogP) is 2.84. The van der Waals surface area contributed by atoms with E-state index < -0.39 is 57.7 Å². The Bertz CT molecular complexity index is 725. The minimum atomic E-state index is -2.69. The molecule has 3 rings (SSSR count). The van der Waals surface area contributed by atoms with Crippen LogP contribution in [0.1, 0.15) is 44.6 Å². The van der Waals surface area contributed by atoms with Crippen LogP contribution in [0.15, 0.2) is 0 Å². The highest BCUT2D eigenvalue weighted by atomic mass is 19.2. The van der Waals surface area contributed by atoms with Crippen molar-refractivity contribution in [3.8, 4) is 0 Å². The molecule has 2 N–H and O–H groups in total. The number of anilines is 1. The summed E-state index contributed by atoms with van der Waals surface area (Å²) in [6.07, 6.45) is 2.61. The average Bonchev–Trinajstić information content (AvgIpc) is 2.57. The van der Waals surface area contributed by atoms with E-state index in [1.165, 1.54) is 0 Å². The van der Waals surface area contributed by atoms with Gasteiger partial charge in [0.15, 0.2) is 28.7 Å². The highest BCUT2D eigenvalue weighted by Crippen LogP contribution is 2.44. The van der Waals surface area contributed by atoms with Crippen LogP contribution in [0.5, 0.6) is 0 Å². The Morgan fingerprint density at radius 2 is 1.28 bits per heavy atom. The van der Waals surface area contributed by atoms with Crippen molar-refractivity contribution in [3.63, 3.8) is 0 Å². The van der Waals surface area contributed by atoms with Gasteiger partial charge in [0.2, 0.25) is 0 Å². The van der Waals surface area contributed by atoms with Gasteiger partial charge in [-0.2, -0.15) is 0 Å². The molecule has 1 aromatic rings. The van der Waals surface area contributed by atoms with E-state index in [0.29, 0.717) is 12.8 Å². The molecule has 1 aliphatic carbocycles. The Hall–Kier alpha value is -2.32. The zero-order valence-electron chi connectivity index (χ0n) is 13.3. The standard InChI is InChI=1S/C16H15F4NO4/c1-15(7-8(17)10(19)12(21)11(20)9(7)18)13(22)24-16(25-14(15)23)5-3-2-4-6-16/h2-6,21H2,1H3. The summed E-state index contributed by atoms with van der Waals surface area (Å²) in [4.78, 5) is 25.0. The Kier molecular flexibility index (Phi) is 3.92. The smallest absolute Gasteiger partial charge is 0.331 e. The average molecular weight is 361 g/mol. The Labute approximate surface area is 140 Å². The summed E-state index contributed by atoms with van der Waals surface area (Å²) >= 11 is 0. The normalized spacial score (nSPS) is 21.8. The van der Waals surface area contributed by atoms with Gasteiger partial charge in [-0.1, -0.05) is 6.42 Å². The molecule has 2 fully saturated rings. The zero-order valence-corrected chi connectivity index (χ0v) is 13.3. The third-order valence-corrected chi connectivity index (χ3v) is 4.79. The fraction of sp³-hybridized carbons (Fsp3) is 0.500. The molecule has 1 saturated carbocycles. The molecule has 25 heavy (non-hydrogen) atoms. The van der Waals surface area contributed by atoms with E-state index in [0.717, 1.165) is 13.3 Å². The Morgan fingerprint density at radius 1 is 0.840 bits per heavy atom. The Balaban J connectivity index is 2.12. The quantitative estimate of drug-likeness (QED) is 0.274. The van der Waals surface area contributed by atoms with Crippen molar-refractivity contribution in [2.45, 2.75) is 50.2 Å². The van der Waals surface area contributed by atoms with E-state index in [1.54, 1.807) is 0 Å². The maximum Gasteiger partial charge on any atom is 0.331 e. The largest absolute Gasteiger partial charge is 0.421 e. The van der Waals surface area contributed by atoms with Crippen LogP contribution >= 0.6 is 0 Å². The van der Waals surface area contributed by atoms with Gasteiger partial charge in [-0.05, 0) is 19.8 Å². The van der Waals surface area contributed by atoms with Crippen molar-refractivity contribution >= 4 is 17.6 Å². The molecule has 1 heterocycles. The van der Waals surface area contributed by atoms with Crippen LogP contribution < -0.4 is 5.73 Å². The van der Waals surface area contributed by atoms with Gasteiger partial charge >= 0.3 is 11.9 Å². The van der Waals surface area contributed by atoms with Crippen molar-refractivity contribution in [1.82, 2.24) is 0 Å². The summed E-state index contributed by atoms with van der Waals surface area (Å²) in [5.41, 5.74) is -0.549. The first-order valence-electron chi connectivity index (χ1n) is 7.73. The van der Waals surface area contributed by atoms with Gasteiger partial charge in [0.25, 0.3) is 5.79 Å². The Morgan fingerprint density at radius 3 is 1.72 bits per heavy atom. The molecule has 0 radical (unpaired) electrons. The van der Waals surface area contributed by atoms with Crippen LogP contribution in [0, 0.1) is 23.3 Å². The highest BCUT2D eigenvalue weighted by molar-refractivity contribution is 6.07. The number of carbonyl (C=O) groups is 2. The molecule has 0 atom stereocenters. The number of rotatable bonds is 1. The number of ether oxygens (including phenoxy) is 2. The lowest BCUT2D eigenvalue weighted by molar-refractivity contribution is -0.263. The second kappa shape index (κ2) is 5.60. The van der Waals surface area contributed by atoms with Crippen LogP contribution in [-0.4, -0.2) is 17.7 Å². The van der Waals surface area contributed by atoms with E-state index in [9.17, 15) is 27.2 Å². The molecule has 0 aromatic heterocycles. The molecule has 1 aliphatic heterocycles. The summed E-state index contributed by atoms with van der Waals surface area (Å²) in [5.74, 6) is -11.8. The van der Waals surface area contributed by atoms with Crippen molar-refractivity contribution in [3.05, 3.63) is 28.8 Å². The van der Waals surface area contributed by atoms with Crippen LogP contribution in [0.4, 0.5) is 23.2 Å². The maximum atomic E-state index is 14.2. The summed E-state index contributed by atoms with van der Waals surface area (Å²) in [7, 11) is 0. The number of nitrogen functional groups attached to an aromatic ring is 1. The second-order valence-corrected chi connectivity index (χ2v) is 6.42. The molecule has 1 spiro atoms. The number of hydrogen-bond donors (Lipinski definition) is 1. The molecule has 0 amide bonds. The molecule has 9 heteroatoms. The van der Waals surface area contributed by atoms with E-state index in [4.69, 9.17) is 15.2 Å². The fourth-order valence-electron chi connectivity index (χ4n) is 3.23. The first kappa shape index (κ1) is 17.5. The number of hydrogen-bond acceptors (Lipinski definition) is 5. The van der Waals surface area contributed by atoms with Crippen molar-refractivity contribution < 1.29 is 36.6 Å². The molecule has 1 aromatic carbocycles. The van der Waals surface area contributed by atoms with Crippen molar-refractivity contribution in [2.75, 3.05) is 5.73 Å². The van der Waals surface area contributed by atoms with Crippen molar-refractivity contribution in [1.29, 1.82) is 0 Å². The lowest BCUT2D eigenvalue weighted by Crippen LogP contribution is -2.58. The molecule has 1 saturated heterocycles. The molecule has 136 valence electrons. The maximum absolute atomic E-state index is 14.2. The van der Waals surface area contributed by atoms with Gasteiger partial charge in [-0.25, -0.2) is 17.6 Å². The number of carbonyl (C=O) groups excluding carboxylic acids is 2. The van der Waals surface area contributed by atoms with Gasteiger partial charge < -0.3 is 15.2 Å². The first-order valence-corrected chi connectivity index (χ1v) is 7.73. The molecule has 5 nitrogen and oxygen atoms in total. The number of nitrogens with two attached hydrogens (primary N) is 1. The van der Waals surface area contributed by atoms with Gasteiger partial charge in [0.05, 0.1) is 5.56 Å². The van der Waals surface area contributed by atoms with Gasteiger partial charge in [0.1, 0.15) is 5.69 Å². The van der Waals surface area contributed by atoms with E-state index in [-0.39, 0.29) is 12.8 Å². The first-order chi connectivity index (χ1) is 11.6. The topological polar surface area (TPSA) is 78.6 Å². The fourth-order valence-corrected chi connectivity index (χ4v) is 3.23.